The van der Waals surface area contributed by atoms with Gasteiger partial charge < -0.3 is 14.6 Å². The number of piperidine rings is 1. The molecule has 28 heavy (non-hydrogen) atoms. The number of hydrogen-bond acceptors (Lipinski definition) is 5. The molecule has 148 valence electrons. The highest BCUT2D eigenvalue weighted by Crippen LogP contribution is 2.19. The van der Waals surface area contributed by atoms with Gasteiger partial charge in [0.1, 0.15) is 0 Å². The Morgan fingerprint density at radius 1 is 1.07 bits per heavy atom. The molecule has 1 aromatic heterocycles. The van der Waals surface area contributed by atoms with E-state index in [9.17, 15) is 14.4 Å². The van der Waals surface area contributed by atoms with E-state index in [1.165, 1.54) is 6.26 Å². The molecule has 1 aromatic carbocycles. The van der Waals surface area contributed by atoms with E-state index in [1.54, 1.807) is 17.0 Å². The quantitative estimate of drug-likeness (QED) is 0.681. The van der Waals surface area contributed by atoms with E-state index in [0.29, 0.717) is 31.7 Å². The molecule has 0 atom stereocenters. The van der Waals surface area contributed by atoms with Crippen molar-refractivity contribution in [1.29, 1.82) is 0 Å². The molecule has 3 N–H and O–H groups in total. The van der Waals surface area contributed by atoms with E-state index in [-0.39, 0.29) is 30.2 Å². The summed E-state index contributed by atoms with van der Waals surface area (Å²) in [5.74, 6) is -0.685. The third-order valence-electron chi connectivity index (χ3n) is 4.71. The van der Waals surface area contributed by atoms with Gasteiger partial charge in [0.25, 0.3) is 11.8 Å². The Bertz CT molecular complexity index is 809. The van der Waals surface area contributed by atoms with E-state index in [1.807, 2.05) is 31.2 Å². The van der Waals surface area contributed by atoms with Crippen molar-refractivity contribution in [3.05, 3.63) is 54.0 Å². The van der Waals surface area contributed by atoms with Crippen LogP contribution >= 0.6 is 0 Å². The number of likely N-dealkylation sites (tertiary alicyclic amines) is 1. The zero-order chi connectivity index (χ0) is 19.9. The number of carbonyl (C=O) groups is 3. The summed E-state index contributed by atoms with van der Waals surface area (Å²) in [7, 11) is 0. The number of anilines is 1. The number of carbonyl (C=O) groups excluding carboxylic acids is 3. The van der Waals surface area contributed by atoms with E-state index in [4.69, 9.17) is 4.42 Å². The van der Waals surface area contributed by atoms with Crippen molar-refractivity contribution in [1.82, 2.24) is 15.8 Å². The summed E-state index contributed by atoms with van der Waals surface area (Å²) in [4.78, 5) is 38.0. The van der Waals surface area contributed by atoms with Crippen LogP contribution in [0.15, 0.2) is 47.1 Å². The van der Waals surface area contributed by atoms with Gasteiger partial charge in [0.2, 0.25) is 5.91 Å². The number of amides is 3. The van der Waals surface area contributed by atoms with Crippen molar-refractivity contribution >= 4 is 23.4 Å². The number of hydrogen-bond donors (Lipinski definition) is 3. The average Bonchev–Trinajstić information content (AvgIpc) is 3.26. The van der Waals surface area contributed by atoms with Crippen molar-refractivity contribution in [2.24, 2.45) is 5.92 Å². The van der Waals surface area contributed by atoms with Gasteiger partial charge in [-0.15, -0.1) is 0 Å². The monoisotopic (exact) mass is 384 g/mol. The van der Waals surface area contributed by atoms with Crippen LogP contribution in [0.25, 0.3) is 0 Å². The van der Waals surface area contributed by atoms with Crippen LogP contribution in [0.2, 0.25) is 0 Å². The first-order chi connectivity index (χ1) is 13.5. The highest BCUT2D eigenvalue weighted by Gasteiger charge is 2.28. The molecule has 8 heteroatoms. The molecule has 1 aliphatic heterocycles. The van der Waals surface area contributed by atoms with Crippen molar-refractivity contribution in [3.63, 3.8) is 0 Å². The predicted molar refractivity (Wildman–Crippen MR) is 103 cm³/mol. The number of rotatable bonds is 5. The fraction of sp³-hybridized carbons (Fsp3) is 0.350. The first kappa shape index (κ1) is 19.5. The molecule has 0 spiro atoms. The molecular formula is C20H24N4O4. The van der Waals surface area contributed by atoms with Gasteiger partial charge in [0, 0.05) is 24.7 Å². The van der Waals surface area contributed by atoms with Gasteiger partial charge in [0.15, 0.2) is 5.76 Å². The standard InChI is InChI=1S/C20H24N4O4/c1-14-4-6-16(7-5-14)21-13-18(25)22-23-19(26)15-8-10-24(11-9-15)20(27)17-3-2-12-28-17/h2-7,12,15,21H,8-11,13H2,1H3,(H,22,25)(H,23,26). The van der Waals surface area contributed by atoms with Crippen LogP contribution < -0.4 is 16.2 Å². The fourth-order valence-corrected chi connectivity index (χ4v) is 3.03. The maximum atomic E-state index is 12.3. The average molecular weight is 384 g/mol. The molecule has 0 saturated carbocycles. The molecule has 0 unspecified atom stereocenters. The third-order valence-corrected chi connectivity index (χ3v) is 4.71. The predicted octanol–water partition coefficient (Wildman–Crippen LogP) is 1.70. The lowest BCUT2D eigenvalue weighted by molar-refractivity contribution is -0.131. The first-order valence-corrected chi connectivity index (χ1v) is 9.25. The van der Waals surface area contributed by atoms with Crippen LogP contribution in [-0.2, 0) is 9.59 Å². The van der Waals surface area contributed by atoms with Gasteiger partial charge in [-0.05, 0) is 44.0 Å². The normalized spacial score (nSPS) is 14.4. The minimum Gasteiger partial charge on any atom is -0.459 e. The summed E-state index contributed by atoms with van der Waals surface area (Å²) in [6, 6.07) is 11.0. The zero-order valence-corrected chi connectivity index (χ0v) is 15.7. The second-order valence-electron chi connectivity index (χ2n) is 6.80. The van der Waals surface area contributed by atoms with Gasteiger partial charge in [-0.2, -0.15) is 0 Å². The molecule has 2 heterocycles. The van der Waals surface area contributed by atoms with Crippen LogP contribution in [0, 0.1) is 12.8 Å². The van der Waals surface area contributed by atoms with Crippen LogP contribution in [0.5, 0.6) is 0 Å². The lowest BCUT2D eigenvalue weighted by Crippen LogP contribution is -2.49. The minimum absolute atomic E-state index is 0.0550. The van der Waals surface area contributed by atoms with Crippen LogP contribution in [-0.4, -0.2) is 42.3 Å². The molecule has 1 aliphatic rings. The Morgan fingerprint density at radius 3 is 2.43 bits per heavy atom. The number of aryl methyl sites for hydroxylation is 1. The second-order valence-corrected chi connectivity index (χ2v) is 6.80. The van der Waals surface area contributed by atoms with Gasteiger partial charge in [-0.1, -0.05) is 17.7 Å². The summed E-state index contributed by atoms with van der Waals surface area (Å²) in [5.41, 5.74) is 6.86. The van der Waals surface area contributed by atoms with Crippen LogP contribution in [0.3, 0.4) is 0 Å². The molecule has 0 radical (unpaired) electrons. The Hall–Kier alpha value is -3.29. The Kier molecular flexibility index (Phi) is 6.31. The van der Waals surface area contributed by atoms with Gasteiger partial charge in [-0.3, -0.25) is 25.2 Å². The number of benzene rings is 1. The molecule has 3 rings (SSSR count). The summed E-state index contributed by atoms with van der Waals surface area (Å²) in [6.45, 7) is 2.99. The van der Waals surface area contributed by atoms with Gasteiger partial charge >= 0.3 is 0 Å². The van der Waals surface area contributed by atoms with Crippen molar-refractivity contribution in [2.45, 2.75) is 19.8 Å². The molecule has 0 aliphatic carbocycles. The third kappa shape index (κ3) is 5.12. The number of furan rings is 1. The smallest absolute Gasteiger partial charge is 0.289 e. The summed E-state index contributed by atoms with van der Waals surface area (Å²) < 4.78 is 5.12. The van der Waals surface area contributed by atoms with Crippen molar-refractivity contribution in [3.8, 4) is 0 Å². The lowest BCUT2D eigenvalue weighted by Gasteiger charge is -2.30. The van der Waals surface area contributed by atoms with E-state index in [0.717, 1.165) is 11.3 Å². The Balaban J connectivity index is 1.36. The zero-order valence-electron chi connectivity index (χ0n) is 15.7. The van der Waals surface area contributed by atoms with Crippen LogP contribution in [0.1, 0.15) is 29.0 Å². The molecule has 1 saturated heterocycles. The van der Waals surface area contributed by atoms with Crippen LogP contribution in [0.4, 0.5) is 5.69 Å². The molecule has 0 bridgehead atoms. The van der Waals surface area contributed by atoms with E-state index in [2.05, 4.69) is 16.2 Å². The highest BCUT2D eigenvalue weighted by molar-refractivity contribution is 5.91. The maximum Gasteiger partial charge on any atom is 0.289 e. The fourth-order valence-electron chi connectivity index (χ4n) is 3.03. The summed E-state index contributed by atoms with van der Waals surface area (Å²) >= 11 is 0. The van der Waals surface area contributed by atoms with Gasteiger partial charge in [-0.25, -0.2) is 0 Å². The summed E-state index contributed by atoms with van der Waals surface area (Å²) in [5, 5.41) is 2.99. The molecule has 2 aromatic rings. The molecule has 8 nitrogen and oxygen atoms in total. The molecule has 3 amide bonds. The first-order valence-electron chi connectivity index (χ1n) is 9.25. The SMILES string of the molecule is Cc1ccc(NCC(=O)NNC(=O)C2CCN(C(=O)c3ccco3)CC2)cc1. The maximum absolute atomic E-state index is 12.3. The topological polar surface area (TPSA) is 104 Å². The van der Waals surface area contributed by atoms with E-state index < -0.39 is 0 Å². The number of nitrogens with zero attached hydrogens (tertiary/aromatic N) is 1. The second kappa shape index (κ2) is 9.07. The molecule has 1 fully saturated rings. The van der Waals surface area contributed by atoms with E-state index >= 15 is 0 Å². The number of nitrogens with one attached hydrogen (secondary N) is 3. The minimum atomic E-state index is -0.334. The van der Waals surface area contributed by atoms with Gasteiger partial charge in [0.05, 0.1) is 12.8 Å². The van der Waals surface area contributed by atoms with Crippen molar-refractivity contribution < 1.29 is 18.8 Å². The Labute approximate surface area is 163 Å². The number of hydrazine groups is 1. The lowest BCUT2D eigenvalue weighted by atomic mass is 9.96. The molecular weight excluding hydrogens is 360 g/mol. The van der Waals surface area contributed by atoms with Crippen molar-refractivity contribution in [2.75, 3.05) is 25.0 Å². The summed E-state index contributed by atoms with van der Waals surface area (Å²) in [6.07, 6.45) is 2.54. The highest BCUT2D eigenvalue weighted by atomic mass is 16.3. The largest absolute Gasteiger partial charge is 0.459 e. The Morgan fingerprint density at radius 2 is 1.79 bits per heavy atom.